The molecule has 0 amide bonds. The zero-order valence-corrected chi connectivity index (χ0v) is 11.2. The van der Waals surface area contributed by atoms with Gasteiger partial charge < -0.3 is 9.84 Å². The van der Waals surface area contributed by atoms with E-state index in [1.54, 1.807) is 0 Å². The van der Waals surface area contributed by atoms with Crippen molar-refractivity contribution in [2.75, 3.05) is 26.2 Å². The molecule has 0 saturated carbocycles. The third kappa shape index (κ3) is 5.48. The molecule has 102 valence electrons. The van der Waals surface area contributed by atoms with Crippen LogP contribution in [0.5, 0.6) is 0 Å². The first kappa shape index (κ1) is 14.9. The van der Waals surface area contributed by atoms with Gasteiger partial charge in [-0.05, 0) is 33.2 Å². The Morgan fingerprint density at radius 3 is 2.94 bits per heavy atom. The van der Waals surface area contributed by atoms with Crippen LogP contribution < -0.4 is 0 Å². The molecule has 1 rings (SSSR count). The van der Waals surface area contributed by atoms with Crippen LogP contribution in [0.1, 0.15) is 33.1 Å². The average Bonchev–Trinajstić information content (AvgIpc) is 2.28. The van der Waals surface area contributed by atoms with Crippen molar-refractivity contribution in [3.63, 3.8) is 0 Å². The van der Waals surface area contributed by atoms with Crippen LogP contribution in [0.4, 0.5) is 0 Å². The monoisotopic (exact) mass is 254 g/mol. The molecule has 1 N–H and O–H groups in total. The molecule has 1 aliphatic heterocycles. The first-order chi connectivity index (χ1) is 8.43. The molecule has 0 aromatic rings. The highest BCUT2D eigenvalue weighted by atomic mass is 16.5. The lowest BCUT2D eigenvalue weighted by Crippen LogP contribution is -2.43. The third-order valence-electron chi connectivity index (χ3n) is 3.20. The van der Waals surface area contributed by atoms with Crippen LogP contribution >= 0.6 is 0 Å². The van der Waals surface area contributed by atoms with E-state index in [0.29, 0.717) is 13.2 Å². The largest absolute Gasteiger partial charge is 0.481 e. The van der Waals surface area contributed by atoms with E-state index in [-0.39, 0.29) is 17.9 Å². The summed E-state index contributed by atoms with van der Waals surface area (Å²) in [5.74, 6) is -0.813. The van der Waals surface area contributed by atoms with E-state index in [1.807, 2.05) is 13.8 Å². The Bertz CT molecular complexity index is 323. The van der Waals surface area contributed by atoms with Crippen LogP contribution in [0, 0.1) is 16.7 Å². The zero-order valence-electron chi connectivity index (χ0n) is 11.2. The van der Waals surface area contributed by atoms with Crippen LogP contribution in [0.15, 0.2) is 0 Å². The van der Waals surface area contributed by atoms with Crippen molar-refractivity contribution in [3.05, 3.63) is 0 Å². The molecule has 1 fully saturated rings. The fourth-order valence-electron chi connectivity index (χ4n) is 2.10. The molecule has 1 heterocycles. The molecule has 1 atom stereocenters. The number of aliphatic carboxylic acids is 1. The van der Waals surface area contributed by atoms with Gasteiger partial charge in [-0.1, -0.05) is 0 Å². The summed E-state index contributed by atoms with van der Waals surface area (Å²) in [6.07, 6.45) is 1.70. The van der Waals surface area contributed by atoms with Gasteiger partial charge >= 0.3 is 5.97 Å². The highest BCUT2D eigenvalue weighted by Gasteiger charge is 2.23. The Morgan fingerprint density at radius 1 is 1.61 bits per heavy atom. The van der Waals surface area contributed by atoms with Gasteiger partial charge in [-0.15, -0.1) is 0 Å². The van der Waals surface area contributed by atoms with E-state index >= 15 is 0 Å². The van der Waals surface area contributed by atoms with Gasteiger partial charge in [0.1, 0.15) is 0 Å². The lowest BCUT2D eigenvalue weighted by atomic mass is 9.90. The third-order valence-corrected chi connectivity index (χ3v) is 3.20. The number of nitrogens with zero attached hydrogens (tertiary/aromatic N) is 2. The molecule has 0 bridgehead atoms. The summed E-state index contributed by atoms with van der Waals surface area (Å²) in [6.45, 7) is 6.92. The second-order valence-corrected chi connectivity index (χ2v) is 5.49. The quantitative estimate of drug-likeness (QED) is 0.777. The number of ether oxygens (including phenoxy) is 1. The van der Waals surface area contributed by atoms with Crippen molar-refractivity contribution >= 4 is 5.97 Å². The van der Waals surface area contributed by atoms with E-state index < -0.39 is 5.97 Å². The van der Waals surface area contributed by atoms with Crippen molar-refractivity contribution < 1.29 is 14.6 Å². The second kappa shape index (κ2) is 6.72. The van der Waals surface area contributed by atoms with E-state index in [2.05, 4.69) is 11.0 Å². The fraction of sp³-hybridized carbons (Fsp3) is 0.846. The summed E-state index contributed by atoms with van der Waals surface area (Å²) >= 11 is 0. The van der Waals surface area contributed by atoms with Gasteiger partial charge in [0.2, 0.25) is 0 Å². The number of carboxylic acid groups (broad SMARTS) is 1. The van der Waals surface area contributed by atoms with Crippen LogP contribution in [-0.4, -0.2) is 48.3 Å². The molecule has 0 aromatic heterocycles. The minimum atomic E-state index is -0.813. The molecule has 5 heteroatoms. The summed E-state index contributed by atoms with van der Waals surface area (Å²) in [4.78, 5) is 12.9. The molecular formula is C13H22N2O3. The van der Waals surface area contributed by atoms with Crippen molar-refractivity contribution in [1.29, 1.82) is 5.26 Å². The smallest absolute Gasteiger partial charge is 0.306 e. The van der Waals surface area contributed by atoms with Gasteiger partial charge in [0, 0.05) is 13.1 Å². The predicted octanol–water partition coefficient (Wildman–Crippen LogP) is 1.49. The molecule has 0 aromatic carbocycles. The average molecular weight is 254 g/mol. The highest BCUT2D eigenvalue weighted by Crippen LogP contribution is 2.21. The molecule has 1 unspecified atom stereocenters. The first-order valence-corrected chi connectivity index (χ1v) is 6.40. The molecule has 1 aliphatic rings. The lowest BCUT2D eigenvalue weighted by molar-refractivity contribution is -0.142. The number of nitriles is 1. The van der Waals surface area contributed by atoms with Gasteiger partial charge in [-0.2, -0.15) is 5.26 Å². The van der Waals surface area contributed by atoms with Gasteiger partial charge in [0.15, 0.2) is 0 Å². The SMILES string of the molecule is CC(C)(C#N)CCCN1CCOC(CC(=O)O)C1. The van der Waals surface area contributed by atoms with Gasteiger partial charge in [-0.3, -0.25) is 9.69 Å². The van der Waals surface area contributed by atoms with Crippen LogP contribution in [0.25, 0.3) is 0 Å². The Labute approximate surface area is 108 Å². The van der Waals surface area contributed by atoms with Crippen molar-refractivity contribution in [2.24, 2.45) is 5.41 Å². The van der Waals surface area contributed by atoms with Gasteiger partial charge in [-0.25, -0.2) is 0 Å². The zero-order chi connectivity index (χ0) is 13.6. The fourth-order valence-corrected chi connectivity index (χ4v) is 2.10. The van der Waals surface area contributed by atoms with Crippen molar-refractivity contribution in [1.82, 2.24) is 4.90 Å². The van der Waals surface area contributed by atoms with Gasteiger partial charge in [0.05, 0.1) is 30.6 Å². The maximum atomic E-state index is 10.6. The molecule has 5 nitrogen and oxygen atoms in total. The van der Waals surface area contributed by atoms with E-state index in [0.717, 1.165) is 25.9 Å². The van der Waals surface area contributed by atoms with E-state index in [9.17, 15) is 4.79 Å². The minimum absolute atomic E-state index is 0.0696. The number of rotatable bonds is 6. The summed E-state index contributed by atoms with van der Waals surface area (Å²) < 4.78 is 5.41. The molecule has 0 spiro atoms. The normalized spacial score (nSPS) is 21.5. The summed E-state index contributed by atoms with van der Waals surface area (Å²) in [6, 6.07) is 2.29. The Balaban J connectivity index is 2.26. The van der Waals surface area contributed by atoms with Crippen LogP contribution in [0.2, 0.25) is 0 Å². The predicted molar refractivity (Wildman–Crippen MR) is 67.1 cm³/mol. The standard InChI is InChI=1S/C13H22N2O3/c1-13(2,10-14)4-3-5-15-6-7-18-11(9-15)8-12(16)17/h11H,3-9H2,1-2H3,(H,16,17). The number of hydrogen-bond donors (Lipinski definition) is 1. The maximum absolute atomic E-state index is 10.6. The lowest BCUT2D eigenvalue weighted by Gasteiger charge is -2.32. The van der Waals surface area contributed by atoms with Crippen molar-refractivity contribution in [3.8, 4) is 6.07 Å². The molecule has 0 radical (unpaired) electrons. The Kier molecular flexibility index (Phi) is 5.57. The topological polar surface area (TPSA) is 73.6 Å². The molecule has 0 aliphatic carbocycles. The minimum Gasteiger partial charge on any atom is -0.481 e. The highest BCUT2D eigenvalue weighted by molar-refractivity contribution is 5.67. The number of carboxylic acids is 1. The van der Waals surface area contributed by atoms with E-state index in [4.69, 9.17) is 15.1 Å². The van der Waals surface area contributed by atoms with Crippen molar-refractivity contribution in [2.45, 2.75) is 39.2 Å². The number of morpholine rings is 1. The molecular weight excluding hydrogens is 232 g/mol. The summed E-state index contributed by atoms with van der Waals surface area (Å²) in [5.41, 5.74) is -0.271. The summed E-state index contributed by atoms with van der Waals surface area (Å²) in [7, 11) is 0. The molecule has 1 saturated heterocycles. The maximum Gasteiger partial charge on any atom is 0.306 e. The Morgan fingerprint density at radius 2 is 2.33 bits per heavy atom. The van der Waals surface area contributed by atoms with Crippen LogP contribution in [-0.2, 0) is 9.53 Å². The first-order valence-electron chi connectivity index (χ1n) is 6.40. The molecule has 18 heavy (non-hydrogen) atoms. The number of hydrogen-bond acceptors (Lipinski definition) is 4. The number of carbonyl (C=O) groups is 1. The second-order valence-electron chi connectivity index (χ2n) is 5.49. The van der Waals surface area contributed by atoms with Crippen LogP contribution in [0.3, 0.4) is 0 Å². The Hall–Kier alpha value is -1.12. The van der Waals surface area contributed by atoms with Gasteiger partial charge in [0.25, 0.3) is 0 Å². The van der Waals surface area contributed by atoms with E-state index in [1.165, 1.54) is 0 Å². The summed E-state index contributed by atoms with van der Waals surface area (Å²) in [5, 5.41) is 17.7.